The molecule has 2 heterocycles. The van der Waals surface area contributed by atoms with Gasteiger partial charge in [0.15, 0.2) is 0 Å². The summed E-state index contributed by atoms with van der Waals surface area (Å²) in [5.41, 5.74) is 6.14. The lowest BCUT2D eigenvalue weighted by atomic mass is 9.88. The molecule has 2 atom stereocenters. The van der Waals surface area contributed by atoms with Gasteiger partial charge < -0.3 is 4.55 Å². The summed E-state index contributed by atoms with van der Waals surface area (Å²) in [6, 6.07) is 17.2. The maximum absolute atomic E-state index is 10.7. The zero-order valence-electron chi connectivity index (χ0n) is 18.0. The van der Waals surface area contributed by atoms with Crippen LogP contribution in [-0.2, 0) is 30.8 Å². The smallest absolute Gasteiger partial charge is 0.0967 e. The highest BCUT2D eigenvalue weighted by Gasteiger charge is 2.25. The van der Waals surface area contributed by atoms with Crippen LogP contribution in [0.3, 0.4) is 0 Å². The van der Waals surface area contributed by atoms with Gasteiger partial charge >= 0.3 is 0 Å². The van der Waals surface area contributed by atoms with Crippen molar-refractivity contribution in [2.24, 2.45) is 0 Å². The molecule has 0 spiro atoms. The second-order valence-electron chi connectivity index (χ2n) is 8.79. The summed E-state index contributed by atoms with van der Waals surface area (Å²) in [7, 11) is 0. The highest BCUT2D eigenvalue weighted by molar-refractivity contribution is 7.77. The second-order valence-corrected chi connectivity index (χ2v) is 9.55. The molecule has 8 heteroatoms. The number of nitrogens with one attached hydrogen (secondary N) is 1. The first-order valence-electron chi connectivity index (χ1n) is 11.3. The minimum atomic E-state index is -2.23. The SMILES string of the molecule is O=S([O-])NCc1cccc(C2CCN(Cc3cn(C4CCc5ccccc54)nn3)CC2)c1. The Balaban J connectivity index is 1.16. The molecule has 168 valence electrons. The number of aromatic nitrogens is 3. The van der Waals surface area contributed by atoms with E-state index in [-0.39, 0.29) is 0 Å². The average Bonchev–Trinajstić information content (AvgIpc) is 3.45. The Morgan fingerprint density at radius 2 is 1.94 bits per heavy atom. The third-order valence-corrected chi connectivity index (χ3v) is 7.15. The number of hydrogen-bond acceptors (Lipinski definition) is 5. The molecule has 1 saturated heterocycles. The van der Waals surface area contributed by atoms with Gasteiger partial charge in [0.2, 0.25) is 0 Å². The molecule has 1 aliphatic carbocycles. The molecule has 2 aromatic carbocycles. The molecule has 2 unspecified atom stereocenters. The van der Waals surface area contributed by atoms with Crippen LogP contribution in [0.15, 0.2) is 54.7 Å². The normalized spacial score (nSPS) is 20.3. The number of fused-ring (bicyclic) bond motifs is 1. The Bertz CT molecular complexity index is 1090. The molecule has 1 fully saturated rings. The van der Waals surface area contributed by atoms with Gasteiger partial charge in [0.1, 0.15) is 0 Å². The molecular weight excluding hydrogens is 422 g/mol. The first-order chi connectivity index (χ1) is 15.7. The molecule has 1 N–H and O–H groups in total. The molecule has 1 aliphatic heterocycles. The van der Waals surface area contributed by atoms with Crippen LogP contribution in [-0.4, -0.2) is 41.7 Å². The van der Waals surface area contributed by atoms with Gasteiger partial charge in [-0.05, 0) is 66.9 Å². The molecule has 3 aromatic rings. The Hall–Kier alpha value is -2.39. The van der Waals surface area contributed by atoms with Crippen molar-refractivity contribution in [3.8, 4) is 0 Å². The highest BCUT2D eigenvalue weighted by Crippen LogP contribution is 2.34. The van der Waals surface area contributed by atoms with Gasteiger partial charge in [-0.25, -0.2) is 9.40 Å². The van der Waals surface area contributed by atoms with Crippen LogP contribution in [0.5, 0.6) is 0 Å². The molecule has 0 bridgehead atoms. The summed E-state index contributed by atoms with van der Waals surface area (Å²) in [6.07, 6.45) is 6.50. The van der Waals surface area contributed by atoms with E-state index in [1.165, 1.54) is 16.7 Å². The second kappa shape index (κ2) is 9.62. The van der Waals surface area contributed by atoms with Crippen molar-refractivity contribution >= 4 is 11.3 Å². The van der Waals surface area contributed by atoms with Crippen LogP contribution in [0.4, 0.5) is 0 Å². The van der Waals surface area contributed by atoms with Gasteiger partial charge in [-0.15, -0.1) is 5.10 Å². The van der Waals surface area contributed by atoms with E-state index in [9.17, 15) is 8.76 Å². The number of rotatable bonds is 7. The number of likely N-dealkylation sites (tertiary alicyclic amines) is 1. The molecule has 2 aliphatic rings. The number of piperidine rings is 1. The minimum Gasteiger partial charge on any atom is -0.760 e. The summed E-state index contributed by atoms with van der Waals surface area (Å²) in [5, 5.41) is 8.92. The topological polar surface area (TPSA) is 86.1 Å². The van der Waals surface area contributed by atoms with E-state index >= 15 is 0 Å². The summed E-state index contributed by atoms with van der Waals surface area (Å²) in [4.78, 5) is 2.46. The maximum atomic E-state index is 10.7. The molecular formula is C24H28N5O2S-. The van der Waals surface area contributed by atoms with Gasteiger partial charge in [0.25, 0.3) is 0 Å². The van der Waals surface area contributed by atoms with E-state index in [2.05, 4.69) is 62.5 Å². The molecule has 1 aromatic heterocycles. The van der Waals surface area contributed by atoms with E-state index in [0.29, 0.717) is 18.5 Å². The van der Waals surface area contributed by atoms with Crippen molar-refractivity contribution in [2.45, 2.75) is 50.7 Å². The average molecular weight is 451 g/mol. The largest absolute Gasteiger partial charge is 0.760 e. The van der Waals surface area contributed by atoms with Crippen LogP contribution < -0.4 is 4.72 Å². The van der Waals surface area contributed by atoms with Crippen LogP contribution in [0, 0.1) is 0 Å². The van der Waals surface area contributed by atoms with Crippen molar-refractivity contribution in [3.05, 3.63) is 82.7 Å². The Kier molecular flexibility index (Phi) is 6.45. The monoisotopic (exact) mass is 450 g/mol. The van der Waals surface area contributed by atoms with Crippen molar-refractivity contribution in [3.63, 3.8) is 0 Å². The van der Waals surface area contributed by atoms with Crippen LogP contribution in [0.1, 0.15) is 59.2 Å². The zero-order valence-corrected chi connectivity index (χ0v) is 18.8. The van der Waals surface area contributed by atoms with Crippen molar-refractivity contribution in [1.82, 2.24) is 24.6 Å². The molecule has 32 heavy (non-hydrogen) atoms. The standard InChI is InChI=1S/C24H29N5O2S/c30-32(31)25-15-18-4-3-6-21(14-18)19-10-12-28(13-11-19)16-22-17-29(27-26-22)24-9-8-20-5-1-2-7-23(20)24/h1-7,14,17,19,24-25H,8-13,15-16H2,(H,30,31)/p-1. The fourth-order valence-electron chi connectivity index (χ4n) is 5.10. The van der Waals surface area contributed by atoms with Crippen LogP contribution in [0.2, 0.25) is 0 Å². The molecule has 0 amide bonds. The number of hydrogen-bond donors (Lipinski definition) is 1. The van der Waals surface area contributed by atoms with Gasteiger partial charge in [-0.2, -0.15) is 0 Å². The zero-order chi connectivity index (χ0) is 21.9. The Morgan fingerprint density at radius 1 is 1.09 bits per heavy atom. The summed E-state index contributed by atoms with van der Waals surface area (Å²) in [6.45, 7) is 3.22. The fraction of sp³-hybridized carbons (Fsp3) is 0.417. The van der Waals surface area contributed by atoms with Crippen LogP contribution >= 0.6 is 0 Å². The van der Waals surface area contributed by atoms with E-state index in [1.807, 2.05) is 16.8 Å². The molecule has 7 nitrogen and oxygen atoms in total. The third-order valence-electron chi connectivity index (χ3n) is 6.77. The van der Waals surface area contributed by atoms with Gasteiger partial charge in [0.05, 0.1) is 17.9 Å². The Labute approximate surface area is 191 Å². The molecule has 5 rings (SSSR count). The number of aryl methyl sites for hydroxylation is 1. The fourth-order valence-corrected chi connectivity index (χ4v) is 5.38. The lowest BCUT2D eigenvalue weighted by molar-refractivity contribution is 0.202. The van der Waals surface area contributed by atoms with Crippen molar-refractivity contribution in [2.75, 3.05) is 13.1 Å². The summed E-state index contributed by atoms with van der Waals surface area (Å²) < 4.78 is 26.0. The maximum Gasteiger partial charge on any atom is 0.0967 e. The van der Waals surface area contributed by atoms with Gasteiger partial charge in [-0.1, -0.05) is 53.7 Å². The number of nitrogens with zero attached hydrogens (tertiary/aromatic N) is 4. The highest BCUT2D eigenvalue weighted by atomic mass is 32.2. The van der Waals surface area contributed by atoms with Crippen LogP contribution in [0.25, 0.3) is 0 Å². The molecule has 0 radical (unpaired) electrons. The first-order valence-corrected chi connectivity index (χ1v) is 12.4. The van der Waals surface area contributed by atoms with E-state index < -0.39 is 11.3 Å². The predicted octanol–water partition coefficient (Wildman–Crippen LogP) is 3.08. The summed E-state index contributed by atoms with van der Waals surface area (Å²) >= 11 is -2.23. The number of benzene rings is 2. The predicted molar refractivity (Wildman–Crippen MR) is 122 cm³/mol. The van der Waals surface area contributed by atoms with Crippen molar-refractivity contribution in [1.29, 1.82) is 0 Å². The summed E-state index contributed by atoms with van der Waals surface area (Å²) in [5.74, 6) is 0.509. The third kappa shape index (κ3) is 4.83. The van der Waals surface area contributed by atoms with E-state index in [0.717, 1.165) is 56.6 Å². The lowest BCUT2D eigenvalue weighted by Gasteiger charge is -2.31. The van der Waals surface area contributed by atoms with Crippen molar-refractivity contribution < 1.29 is 8.76 Å². The first kappa shape index (κ1) is 21.5. The molecule has 0 saturated carbocycles. The quantitative estimate of drug-likeness (QED) is 0.559. The van der Waals surface area contributed by atoms with E-state index in [4.69, 9.17) is 0 Å². The van der Waals surface area contributed by atoms with E-state index in [1.54, 1.807) is 0 Å². The Morgan fingerprint density at radius 3 is 2.78 bits per heavy atom. The minimum absolute atomic E-state index is 0.305. The van der Waals surface area contributed by atoms with Gasteiger partial charge in [-0.3, -0.25) is 9.11 Å². The van der Waals surface area contributed by atoms with Gasteiger partial charge in [0, 0.05) is 24.4 Å². The lowest BCUT2D eigenvalue weighted by Crippen LogP contribution is -2.32.